The number of nitrogens with one attached hydrogen (secondary N) is 1. The molecule has 5 heteroatoms. The fourth-order valence-electron chi connectivity index (χ4n) is 1.91. The van der Waals surface area contributed by atoms with E-state index in [2.05, 4.69) is 15.5 Å². The van der Waals surface area contributed by atoms with Gasteiger partial charge in [0.15, 0.2) is 0 Å². The number of hydrogen-bond acceptors (Lipinski definition) is 5. The van der Waals surface area contributed by atoms with Crippen LogP contribution >= 0.6 is 0 Å². The van der Waals surface area contributed by atoms with Crippen LogP contribution in [0.3, 0.4) is 0 Å². The molecule has 0 unspecified atom stereocenters. The number of carbonyl (C=O) groups is 1. The fraction of sp³-hybridized carbons (Fsp3) is 0.583. The molecule has 0 aliphatic carbocycles. The molecule has 1 N–H and O–H groups in total. The van der Waals surface area contributed by atoms with Crippen LogP contribution in [0.5, 0.6) is 0 Å². The molecule has 92 valence electrons. The normalized spacial score (nSPS) is 16.7. The summed E-state index contributed by atoms with van der Waals surface area (Å²) in [6.07, 6.45) is 5.81. The molecule has 0 bridgehead atoms. The maximum Gasteiger partial charge on any atom is 0.309 e. The molecule has 0 saturated carbocycles. The molecule has 1 fully saturated rings. The van der Waals surface area contributed by atoms with E-state index in [4.69, 9.17) is 4.74 Å². The lowest BCUT2D eigenvalue weighted by atomic mass is 9.99. The van der Waals surface area contributed by atoms with E-state index in [0.717, 1.165) is 31.5 Å². The van der Waals surface area contributed by atoms with Crippen LogP contribution in [0, 0.1) is 5.92 Å². The van der Waals surface area contributed by atoms with Gasteiger partial charge < -0.3 is 10.1 Å². The number of rotatable bonds is 4. The largest absolute Gasteiger partial charge is 0.465 e. The average Bonchev–Trinajstić information content (AvgIpc) is 2.41. The van der Waals surface area contributed by atoms with Crippen molar-refractivity contribution in [1.82, 2.24) is 15.5 Å². The van der Waals surface area contributed by atoms with Crippen LogP contribution in [0.25, 0.3) is 0 Å². The van der Waals surface area contributed by atoms with Gasteiger partial charge in [-0.3, -0.25) is 4.79 Å². The lowest BCUT2D eigenvalue weighted by Gasteiger charge is -2.20. The Labute approximate surface area is 101 Å². The molecular weight excluding hydrogens is 218 g/mol. The van der Waals surface area contributed by atoms with Gasteiger partial charge in [0, 0.05) is 12.6 Å². The molecule has 5 nitrogen and oxygen atoms in total. The topological polar surface area (TPSA) is 64.1 Å². The summed E-state index contributed by atoms with van der Waals surface area (Å²) in [7, 11) is 0. The zero-order valence-electron chi connectivity index (χ0n) is 9.76. The summed E-state index contributed by atoms with van der Waals surface area (Å²) in [5, 5.41) is 10.7. The van der Waals surface area contributed by atoms with E-state index < -0.39 is 0 Å². The molecule has 0 amide bonds. The standard InChI is InChI=1S/C12H17N3O2/c16-12(11-2-5-13-6-3-11)17-8-4-10-1-7-14-15-9-10/h1,7,9,11,13H,2-6,8H2. The number of hydrogen-bond donors (Lipinski definition) is 1. The van der Waals surface area contributed by atoms with Gasteiger partial charge in [-0.1, -0.05) is 0 Å². The Bertz CT molecular complexity index is 350. The van der Waals surface area contributed by atoms with Crippen molar-refractivity contribution >= 4 is 5.97 Å². The lowest BCUT2D eigenvalue weighted by Crippen LogP contribution is -2.33. The Morgan fingerprint density at radius 2 is 2.24 bits per heavy atom. The van der Waals surface area contributed by atoms with Crippen molar-refractivity contribution in [2.45, 2.75) is 19.3 Å². The summed E-state index contributed by atoms with van der Waals surface area (Å²) in [4.78, 5) is 11.7. The maximum absolute atomic E-state index is 11.7. The Kier molecular flexibility index (Phi) is 4.44. The molecule has 2 rings (SSSR count). The van der Waals surface area contributed by atoms with E-state index in [9.17, 15) is 4.79 Å². The lowest BCUT2D eigenvalue weighted by molar-refractivity contribution is -0.149. The monoisotopic (exact) mass is 235 g/mol. The smallest absolute Gasteiger partial charge is 0.309 e. The zero-order valence-corrected chi connectivity index (χ0v) is 9.76. The second-order valence-corrected chi connectivity index (χ2v) is 4.19. The molecule has 1 aliphatic heterocycles. The van der Waals surface area contributed by atoms with Crippen molar-refractivity contribution in [3.8, 4) is 0 Å². The second-order valence-electron chi connectivity index (χ2n) is 4.19. The summed E-state index contributed by atoms with van der Waals surface area (Å²) in [6, 6.07) is 1.88. The first-order valence-corrected chi connectivity index (χ1v) is 5.99. The highest BCUT2D eigenvalue weighted by Crippen LogP contribution is 2.13. The molecule has 1 aliphatic rings. The molecule has 1 saturated heterocycles. The van der Waals surface area contributed by atoms with Gasteiger partial charge in [-0.15, -0.1) is 0 Å². The summed E-state index contributed by atoms with van der Waals surface area (Å²) < 4.78 is 5.27. The van der Waals surface area contributed by atoms with Gasteiger partial charge in [-0.2, -0.15) is 10.2 Å². The van der Waals surface area contributed by atoms with E-state index in [0.29, 0.717) is 13.0 Å². The Morgan fingerprint density at radius 3 is 2.94 bits per heavy atom. The van der Waals surface area contributed by atoms with E-state index in [-0.39, 0.29) is 11.9 Å². The molecule has 0 atom stereocenters. The number of esters is 1. The summed E-state index contributed by atoms with van der Waals surface area (Å²) >= 11 is 0. The molecule has 0 radical (unpaired) electrons. The predicted octanol–water partition coefficient (Wildman–Crippen LogP) is 0.562. The van der Waals surface area contributed by atoms with E-state index in [1.807, 2.05) is 6.07 Å². The zero-order chi connectivity index (χ0) is 11.9. The van der Waals surface area contributed by atoms with E-state index in [1.165, 1.54) is 0 Å². The molecule has 0 spiro atoms. The number of nitrogens with zero attached hydrogens (tertiary/aromatic N) is 2. The average molecular weight is 235 g/mol. The quantitative estimate of drug-likeness (QED) is 0.773. The van der Waals surface area contributed by atoms with Crippen LogP contribution in [-0.4, -0.2) is 35.9 Å². The van der Waals surface area contributed by atoms with Crippen LogP contribution in [-0.2, 0) is 16.0 Å². The molecule has 17 heavy (non-hydrogen) atoms. The highest BCUT2D eigenvalue weighted by molar-refractivity contribution is 5.72. The van der Waals surface area contributed by atoms with Crippen LogP contribution in [0.2, 0.25) is 0 Å². The van der Waals surface area contributed by atoms with E-state index >= 15 is 0 Å². The molecule has 0 aromatic carbocycles. The molecule has 1 aromatic heterocycles. The van der Waals surface area contributed by atoms with Gasteiger partial charge in [-0.25, -0.2) is 0 Å². The first kappa shape index (κ1) is 12.0. The number of carbonyl (C=O) groups excluding carboxylic acids is 1. The molecular formula is C12H17N3O2. The fourth-order valence-corrected chi connectivity index (χ4v) is 1.91. The molecule has 1 aromatic rings. The van der Waals surface area contributed by atoms with Crippen molar-refractivity contribution in [1.29, 1.82) is 0 Å². The van der Waals surface area contributed by atoms with Crippen LogP contribution < -0.4 is 5.32 Å². The second kappa shape index (κ2) is 6.30. The van der Waals surface area contributed by atoms with Crippen molar-refractivity contribution in [3.63, 3.8) is 0 Å². The van der Waals surface area contributed by atoms with Crippen LogP contribution in [0.4, 0.5) is 0 Å². The van der Waals surface area contributed by atoms with Crippen molar-refractivity contribution in [2.75, 3.05) is 19.7 Å². The van der Waals surface area contributed by atoms with Gasteiger partial charge in [0.1, 0.15) is 0 Å². The van der Waals surface area contributed by atoms with E-state index in [1.54, 1.807) is 12.4 Å². The van der Waals surface area contributed by atoms with Crippen LogP contribution in [0.1, 0.15) is 18.4 Å². The van der Waals surface area contributed by atoms with Crippen molar-refractivity contribution < 1.29 is 9.53 Å². The third kappa shape index (κ3) is 3.78. The van der Waals surface area contributed by atoms with Gasteiger partial charge in [0.05, 0.1) is 18.7 Å². The number of ether oxygens (including phenoxy) is 1. The first-order valence-electron chi connectivity index (χ1n) is 5.99. The highest BCUT2D eigenvalue weighted by Gasteiger charge is 2.21. The minimum absolute atomic E-state index is 0.0616. The van der Waals surface area contributed by atoms with Crippen LogP contribution in [0.15, 0.2) is 18.5 Å². The van der Waals surface area contributed by atoms with Crippen molar-refractivity contribution in [2.24, 2.45) is 5.92 Å². The number of piperidine rings is 1. The Morgan fingerprint density at radius 1 is 1.41 bits per heavy atom. The van der Waals surface area contributed by atoms with Gasteiger partial charge >= 0.3 is 5.97 Å². The van der Waals surface area contributed by atoms with Crippen molar-refractivity contribution in [3.05, 3.63) is 24.0 Å². The Hall–Kier alpha value is -1.49. The third-order valence-electron chi connectivity index (χ3n) is 2.95. The molecule has 2 heterocycles. The summed E-state index contributed by atoms with van der Waals surface area (Å²) in [6.45, 7) is 2.25. The number of aromatic nitrogens is 2. The summed E-state index contributed by atoms with van der Waals surface area (Å²) in [5.74, 6) is 0.0142. The van der Waals surface area contributed by atoms with Gasteiger partial charge in [-0.05, 0) is 37.6 Å². The van der Waals surface area contributed by atoms with Gasteiger partial charge in [0.2, 0.25) is 0 Å². The highest BCUT2D eigenvalue weighted by atomic mass is 16.5. The third-order valence-corrected chi connectivity index (χ3v) is 2.95. The maximum atomic E-state index is 11.7. The predicted molar refractivity (Wildman–Crippen MR) is 62.3 cm³/mol. The SMILES string of the molecule is O=C(OCCc1ccnnc1)C1CCNCC1. The first-order chi connectivity index (χ1) is 8.36. The summed E-state index contributed by atoms with van der Waals surface area (Å²) in [5.41, 5.74) is 1.04. The Balaban J connectivity index is 1.69. The minimum atomic E-state index is -0.0616. The minimum Gasteiger partial charge on any atom is -0.465 e. The van der Waals surface area contributed by atoms with Gasteiger partial charge in [0.25, 0.3) is 0 Å².